The van der Waals surface area contributed by atoms with Gasteiger partial charge in [0.1, 0.15) is 17.5 Å². The van der Waals surface area contributed by atoms with Gasteiger partial charge < -0.3 is 9.47 Å². The Balaban J connectivity index is 1.58. The highest BCUT2D eigenvalue weighted by atomic mass is 35.5. The highest BCUT2D eigenvalue weighted by Crippen LogP contribution is 2.39. The van der Waals surface area contributed by atoms with E-state index in [4.69, 9.17) is 21.1 Å². The number of pyridine rings is 1. The first-order chi connectivity index (χ1) is 14.1. The number of rotatable bonds is 4. The standard InChI is InChI=1S/C22H17ClN2O4/c23-21-16(9-6-12-24-21)22(27)29-14-20(26)25-17-10-4-5-11-19(17)28-13-18(25)15-7-2-1-3-8-15/h1-12,18H,13-14H2/t18-/m1/s1. The van der Waals surface area contributed by atoms with Gasteiger partial charge in [-0.25, -0.2) is 9.78 Å². The molecule has 0 bridgehead atoms. The second kappa shape index (κ2) is 8.32. The maximum absolute atomic E-state index is 13.1. The molecule has 2 aromatic carbocycles. The lowest BCUT2D eigenvalue weighted by Crippen LogP contribution is -2.43. The maximum atomic E-state index is 13.1. The first-order valence-corrected chi connectivity index (χ1v) is 9.39. The Hall–Kier alpha value is -3.38. The van der Waals surface area contributed by atoms with E-state index in [2.05, 4.69) is 4.98 Å². The molecule has 0 unspecified atom stereocenters. The molecule has 0 N–H and O–H groups in total. The van der Waals surface area contributed by atoms with Crippen LogP contribution < -0.4 is 9.64 Å². The number of fused-ring (bicyclic) bond motifs is 1. The van der Waals surface area contributed by atoms with Gasteiger partial charge in [-0.15, -0.1) is 0 Å². The number of carbonyl (C=O) groups is 2. The van der Waals surface area contributed by atoms with Gasteiger partial charge in [0.25, 0.3) is 5.91 Å². The van der Waals surface area contributed by atoms with E-state index in [9.17, 15) is 9.59 Å². The Kier molecular flexibility index (Phi) is 5.44. The summed E-state index contributed by atoms with van der Waals surface area (Å²) in [6.45, 7) is -0.128. The summed E-state index contributed by atoms with van der Waals surface area (Å²) in [7, 11) is 0. The van der Waals surface area contributed by atoms with Crippen LogP contribution in [0.4, 0.5) is 5.69 Å². The Morgan fingerprint density at radius 2 is 1.83 bits per heavy atom. The third-order valence-corrected chi connectivity index (χ3v) is 4.89. The van der Waals surface area contributed by atoms with Gasteiger partial charge in [-0.3, -0.25) is 9.69 Å². The summed E-state index contributed by atoms with van der Waals surface area (Å²) in [5, 5.41) is 0.0313. The van der Waals surface area contributed by atoms with Crippen LogP contribution in [0.3, 0.4) is 0 Å². The van der Waals surface area contributed by atoms with Crippen molar-refractivity contribution in [3.63, 3.8) is 0 Å². The number of benzene rings is 2. The van der Waals surface area contributed by atoms with Gasteiger partial charge in [0.05, 0.1) is 17.3 Å². The Morgan fingerprint density at radius 1 is 1.07 bits per heavy atom. The quantitative estimate of drug-likeness (QED) is 0.481. The van der Waals surface area contributed by atoms with Gasteiger partial charge in [-0.2, -0.15) is 0 Å². The molecule has 29 heavy (non-hydrogen) atoms. The van der Waals surface area contributed by atoms with Gasteiger partial charge in [0.2, 0.25) is 0 Å². The molecular weight excluding hydrogens is 392 g/mol. The number of anilines is 1. The normalized spacial score (nSPS) is 15.2. The molecule has 3 aromatic rings. The molecule has 2 heterocycles. The van der Waals surface area contributed by atoms with Crippen molar-refractivity contribution in [2.75, 3.05) is 18.1 Å². The van der Waals surface area contributed by atoms with Crippen LogP contribution in [0, 0.1) is 0 Å². The molecule has 0 spiro atoms. The van der Waals surface area contributed by atoms with Gasteiger partial charge in [0.15, 0.2) is 6.61 Å². The maximum Gasteiger partial charge on any atom is 0.341 e. The fourth-order valence-electron chi connectivity index (χ4n) is 3.23. The number of nitrogens with zero attached hydrogens (tertiary/aromatic N) is 2. The number of para-hydroxylation sites is 2. The summed E-state index contributed by atoms with van der Waals surface area (Å²) >= 11 is 5.93. The van der Waals surface area contributed by atoms with Crippen molar-refractivity contribution < 1.29 is 19.1 Å². The molecule has 6 nitrogen and oxygen atoms in total. The zero-order valence-electron chi connectivity index (χ0n) is 15.3. The summed E-state index contributed by atoms with van der Waals surface area (Å²) in [4.78, 5) is 30.9. The third kappa shape index (κ3) is 3.93. The Morgan fingerprint density at radius 3 is 2.62 bits per heavy atom. The van der Waals surface area contributed by atoms with Crippen LogP contribution >= 0.6 is 11.6 Å². The van der Waals surface area contributed by atoms with E-state index in [-0.39, 0.29) is 22.7 Å². The topological polar surface area (TPSA) is 68.7 Å². The summed E-state index contributed by atoms with van der Waals surface area (Å²) in [5.74, 6) is -0.452. The second-order valence-corrected chi connectivity index (χ2v) is 6.74. The number of hydrogen-bond acceptors (Lipinski definition) is 5. The van der Waals surface area contributed by atoms with E-state index >= 15 is 0 Å². The summed E-state index contributed by atoms with van der Waals surface area (Å²) in [6.07, 6.45) is 1.47. The Labute approximate surface area is 172 Å². The second-order valence-electron chi connectivity index (χ2n) is 6.39. The molecular formula is C22H17ClN2O4. The molecule has 0 radical (unpaired) electrons. The van der Waals surface area contributed by atoms with Crippen molar-refractivity contribution in [2.24, 2.45) is 0 Å². The number of ether oxygens (including phenoxy) is 2. The monoisotopic (exact) mass is 408 g/mol. The van der Waals surface area contributed by atoms with Crippen LogP contribution in [0.15, 0.2) is 72.9 Å². The average molecular weight is 409 g/mol. The molecule has 1 aliphatic heterocycles. The number of carbonyl (C=O) groups excluding carboxylic acids is 2. The van der Waals surface area contributed by atoms with E-state index < -0.39 is 12.6 Å². The van der Waals surface area contributed by atoms with Crippen LogP contribution in [0.25, 0.3) is 0 Å². The van der Waals surface area contributed by atoms with Gasteiger partial charge in [-0.05, 0) is 29.8 Å². The van der Waals surface area contributed by atoms with E-state index in [0.29, 0.717) is 18.0 Å². The van der Waals surface area contributed by atoms with Crippen LogP contribution in [0.1, 0.15) is 22.0 Å². The van der Waals surface area contributed by atoms with E-state index in [0.717, 1.165) is 5.56 Å². The SMILES string of the molecule is O=C(OCC(=O)N1c2ccccc2OC[C@@H]1c1ccccc1)c1cccnc1Cl. The predicted molar refractivity (Wildman–Crippen MR) is 108 cm³/mol. The Bertz CT molecular complexity index is 1040. The molecule has 1 amide bonds. The minimum Gasteiger partial charge on any atom is -0.489 e. The van der Waals surface area contributed by atoms with Crippen LogP contribution in [0.5, 0.6) is 5.75 Å². The van der Waals surface area contributed by atoms with Crippen molar-refractivity contribution in [2.45, 2.75) is 6.04 Å². The molecule has 1 aliphatic rings. The van der Waals surface area contributed by atoms with E-state index in [1.807, 2.05) is 48.5 Å². The first kappa shape index (κ1) is 19.0. The van der Waals surface area contributed by atoms with Crippen molar-refractivity contribution in [3.8, 4) is 5.75 Å². The summed E-state index contributed by atoms with van der Waals surface area (Å²) in [6, 6.07) is 19.6. The fraction of sp³-hybridized carbons (Fsp3) is 0.136. The van der Waals surface area contributed by atoms with Crippen LogP contribution in [-0.2, 0) is 9.53 Å². The zero-order chi connectivity index (χ0) is 20.2. The van der Waals surface area contributed by atoms with Crippen LogP contribution in [-0.4, -0.2) is 30.1 Å². The summed E-state index contributed by atoms with van der Waals surface area (Å²) < 4.78 is 11.1. The molecule has 4 rings (SSSR count). The zero-order valence-corrected chi connectivity index (χ0v) is 16.1. The molecule has 1 aromatic heterocycles. The average Bonchev–Trinajstić information content (AvgIpc) is 2.77. The number of hydrogen-bond donors (Lipinski definition) is 0. The largest absolute Gasteiger partial charge is 0.489 e. The smallest absolute Gasteiger partial charge is 0.341 e. The number of aromatic nitrogens is 1. The minimum atomic E-state index is -0.700. The first-order valence-electron chi connectivity index (χ1n) is 9.01. The third-order valence-electron chi connectivity index (χ3n) is 4.59. The molecule has 0 saturated heterocycles. The molecule has 0 aliphatic carbocycles. The lowest BCUT2D eigenvalue weighted by Gasteiger charge is -2.37. The summed E-state index contributed by atoms with van der Waals surface area (Å²) in [5.41, 5.74) is 1.67. The van der Waals surface area contributed by atoms with Crippen molar-refractivity contribution >= 4 is 29.2 Å². The predicted octanol–water partition coefficient (Wildman–Crippen LogP) is 4.06. The molecule has 7 heteroatoms. The highest BCUT2D eigenvalue weighted by molar-refractivity contribution is 6.32. The lowest BCUT2D eigenvalue weighted by atomic mass is 10.0. The molecule has 0 saturated carbocycles. The van der Waals surface area contributed by atoms with Crippen molar-refractivity contribution in [1.82, 2.24) is 4.98 Å². The van der Waals surface area contributed by atoms with Crippen LogP contribution in [0.2, 0.25) is 5.15 Å². The van der Waals surface area contributed by atoms with Crippen molar-refractivity contribution in [1.29, 1.82) is 0 Å². The fourth-order valence-corrected chi connectivity index (χ4v) is 3.43. The number of amides is 1. The number of esters is 1. The lowest BCUT2D eigenvalue weighted by molar-refractivity contribution is -0.122. The van der Waals surface area contributed by atoms with Gasteiger partial charge in [0, 0.05) is 6.20 Å². The highest BCUT2D eigenvalue weighted by Gasteiger charge is 2.33. The van der Waals surface area contributed by atoms with Crippen molar-refractivity contribution in [3.05, 3.63) is 89.2 Å². The minimum absolute atomic E-state index is 0.0313. The van der Waals surface area contributed by atoms with E-state index in [1.54, 1.807) is 17.0 Å². The molecule has 146 valence electrons. The molecule has 0 fully saturated rings. The van der Waals surface area contributed by atoms with Gasteiger partial charge >= 0.3 is 5.97 Å². The van der Waals surface area contributed by atoms with Gasteiger partial charge in [-0.1, -0.05) is 54.1 Å². The number of halogens is 1. The molecule has 1 atom stereocenters. The van der Waals surface area contributed by atoms with E-state index in [1.165, 1.54) is 12.3 Å².